The van der Waals surface area contributed by atoms with Crippen LogP contribution < -0.4 is 5.32 Å². The zero-order valence-corrected chi connectivity index (χ0v) is 17.6. The molecular weight excluding hydrogens is 396 g/mol. The number of carbonyl (C=O) groups excluding carboxylic acids is 2. The standard InChI is InChI=1S/C24H26N2O5/c1-24(2,22(29)26-13-7-12-20(26)21(27)28)25-23(30)31-14-19-17-10-5-3-8-15(17)16-9-4-6-11-18(16)19/h3-6,8-11,19-20H,7,12-14H2,1-2H3,(H,25,30)(H,27,28)/t20-/m0/s1. The summed E-state index contributed by atoms with van der Waals surface area (Å²) < 4.78 is 5.53. The molecule has 1 heterocycles. The molecule has 0 aromatic heterocycles. The Balaban J connectivity index is 1.42. The molecule has 7 nitrogen and oxygen atoms in total. The number of carbonyl (C=O) groups is 3. The van der Waals surface area contributed by atoms with Crippen LogP contribution in [0, 0.1) is 0 Å². The molecule has 0 saturated carbocycles. The zero-order chi connectivity index (χ0) is 22.2. The summed E-state index contributed by atoms with van der Waals surface area (Å²) in [6.07, 6.45) is 0.345. The van der Waals surface area contributed by atoms with Gasteiger partial charge in [0.1, 0.15) is 18.2 Å². The van der Waals surface area contributed by atoms with Crippen LogP contribution in [-0.4, -0.2) is 52.7 Å². The minimum atomic E-state index is -1.28. The molecule has 2 aromatic carbocycles. The van der Waals surface area contributed by atoms with Crippen molar-refractivity contribution in [2.45, 2.75) is 44.2 Å². The number of carboxylic acids is 1. The Morgan fingerprint density at radius 1 is 1.06 bits per heavy atom. The van der Waals surface area contributed by atoms with Crippen LogP contribution in [0.5, 0.6) is 0 Å². The van der Waals surface area contributed by atoms with Crippen molar-refractivity contribution in [3.63, 3.8) is 0 Å². The zero-order valence-electron chi connectivity index (χ0n) is 17.6. The topological polar surface area (TPSA) is 95.9 Å². The van der Waals surface area contributed by atoms with E-state index in [1.165, 1.54) is 4.90 Å². The van der Waals surface area contributed by atoms with Gasteiger partial charge in [-0.2, -0.15) is 0 Å². The second-order valence-electron chi connectivity index (χ2n) is 8.57. The number of hydrogen-bond acceptors (Lipinski definition) is 4. The van der Waals surface area contributed by atoms with Gasteiger partial charge in [0, 0.05) is 12.5 Å². The van der Waals surface area contributed by atoms with E-state index in [9.17, 15) is 19.5 Å². The Kier molecular flexibility index (Phi) is 5.43. The maximum Gasteiger partial charge on any atom is 0.408 e. The summed E-state index contributed by atoms with van der Waals surface area (Å²) in [6.45, 7) is 3.64. The number of benzene rings is 2. The van der Waals surface area contributed by atoms with Crippen molar-refractivity contribution in [3.05, 3.63) is 59.7 Å². The number of likely N-dealkylation sites (tertiary alicyclic amines) is 1. The van der Waals surface area contributed by atoms with E-state index in [1.54, 1.807) is 13.8 Å². The van der Waals surface area contributed by atoms with Crippen LogP contribution >= 0.6 is 0 Å². The van der Waals surface area contributed by atoms with E-state index in [0.29, 0.717) is 19.4 Å². The number of hydrogen-bond donors (Lipinski definition) is 2. The quantitative estimate of drug-likeness (QED) is 0.770. The minimum absolute atomic E-state index is 0.0769. The van der Waals surface area contributed by atoms with E-state index in [4.69, 9.17) is 4.74 Å². The van der Waals surface area contributed by atoms with E-state index in [2.05, 4.69) is 17.4 Å². The molecule has 4 rings (SSSR count). The van der Waals surface area contributed by atoms with Crippen LogP contribution in [0.3, 0.4) is 0 Å². The lowest BCUT2D eigenvalue weighted by Crippen LogP contribution is -2.58. The van der Waals surface area contributed by atoms with Crippen molar-refractivity contribution in [2.24, 2.45) is 0 Å². The van der Waals surface area contributed by atoms with Crippen molar-refractivity contribution in [3.8, 4) is 11.1 Å². The van der Waals surface area contributed by atoms with Gasteiger partial charge in [0.05, 0.1) is 0 Å². The lowest BCUT2D eigenvalue weighted by atomic mass is 9.98. The van der Waals surface area contributed by atoms with Gasteiger partial charge >= 0.3 is 12.1 Å². The van der Waals surface area contributed by atoms with Gasteiger partial charge in [-0.3, -0.25) is 4.79 Å². The number of nitrogens with zero attached hydrogens (tertiary/aromatic N) is 1. The highest BCUT2D eigenvalue weighted by atomic mass is 16.5. The van der Waals surface area contributed by atoms with Crippen molar-refractivity contribution >= 4 is 18.0 Å². The smallest absolute Gasteiger partial charge is 0.408 e. The summed E-state index contributed by atoms with van der Waals surface area (Å²) in [5.41, 5.74) is 3.20. The maximum atomic E-state index is 12.9. The van der Waals surface area contributed by atoms with Crippen LogP contribution in [0.4, 0.5) is 4.79 Å². The summed E-state index contributed by atoms with van der Waals surface area (Å²) in [4.78, 5) is 38.2. The number of alkyl carbamates (subject to hydrolysis) is 1. The molecule has 1 atom stereocenters. The van der Waals surface area contributed by atoms with Gasteiger partial charge in [0.15, 0.2) is 0 Å². The number of carboxylic acid groups (broad SMARTS) is 1. The molecule has 0 bridgehead atoms. The number of fused-ring (bicyclic) bond motifs is 3. The van der Waals surface area contributed by atoms with E-state index >= 15 is 0 Å². The lowest BCUT2D eigenvalue weighted by Gasteiger charge is -2.32. The number of ether oxygens (including phenoxy) is 1. The third-order valence-corrected chi connectivity index (χ3v) is 6.09. The van der Waals surface area contributed by atoms with E-state index in [0.717, 1.165) is 22.3 Å². The molecule has 31 heavy (non-hydrogen) atoms. The summed E-state index contributed by atoms with van der Waals surface area (Å²) >= 11 is 0. The van der Waals surface area contributed by atoms with Gasteiger partial charge in [-0.25, -0.2) is 9.59 Å². The number of nitrogens with one attached hydrogen (secondary N) is 1. The van der Waals surface area contributed by atoms with Gasteiger partial charge in [-0.05, 0) is 48.9 Å². The van der Waals surface area contributed by atoms with Crippen molar-refractivity contribution in [1.29, 1.82) is 0 Å². The predicted octanol–water partition coefficient (Wildman–Crippen LogP) is 3.38. The summed E-state index contributed by atoms with van der Waals surface area (Å²) in [7, 11) is 0. The largest absolute Gasteiger partial charge is 0.480 e. The first-order valence-corrected chi connectivity index (χ1v) is 10.5. The molecule has 1 aliphatic carbocycles. The van der Waals surface area contributed by atoms with Crippen LogP contribution in [0.1, 0.15) is 43.7 Å². The molecule has 2 amide bonds. The molecule has 162 valence electrons. The Hall–Kier alpha value is -3.35. The Morgan fingerprint density at radius 3 is 2.23 bits per heavy atom. The third-order valence-electron chi connectivity index (χ3n) is 6.09. The summed E-state index contributed by atoms with van der Waals surface area (Å²) in [6, 6.07) is 15.3. The van der Waals surface area contributed by atoms with Crippen molar-refractivity contribution in [2.75, 3.05) is 13.2 Å². The number of aliphatic carboxylic acids is 1. The number of rotatable bonds is 5. The molecule has 0 spiro atoms. The first-order valence-electron chi connectivity index (χ1n) is 10.5. The molecule has 2 N–H and O–H groups in total. The van der Waals surface area contributed by atoms with Gasteiger partial charge < -0.3 is 20.1 Å². The monoisotopic (exact) mass is 422 g/mol. The highest BCUT2D eigenvalue weighted by Gasteiger charge is 2.42. The van der Waals surface area contributed by atoms with Crippen molar-refractivity contribution in [1.82, 2.24) is 10.2 Å². The second-order valence-corrected chi connectivity index (χ2v) is 8.57. The molecule has 2 aliphatic rings. The molecule has 2 aromatic rings. The minimum Gasteiger partial charge on any atom is -0.480 e. The van der Waals surface area contributed by atoms with Crippen LogP contribution in [0.15, 0.2) is 48.5 Å². The molecule has 1 aliphatic heterocycles. The predicted molar refractivity (Wildman–Crippen MR) is 115 cm³/mol. The van der Waals surface area contributed by atoms with E-state index in [1.807, 2.05) is 36.4 Å². The highest BCUT2D eigenvalue weighted by molar-refractivity contribution is 5.92. The maximum absolute atomic E-state index is 12.9. The summed E-state index contributed by atoms with van der Waals surface area (Å²) in [5.74, 6) is -1.53. The summed E-state index contributed by atoms with van der Waals surface area (Å²) in [5, 5.41) is 12.0. The van der Waals surface area contributed by atoms with Crippen LogP contribution in [0.25, 0.3) is 11.1 Å². The molecule has 0 unspecified atom stereocenters. The molecule has 7 heteroatoms. The second kappa shape index (κ2) is 8.06. The Morgan fingerprint density at radius 2 is 1.65 bits per heavy atom. The Labute approximate surface area is 181 Å². The number of amides is 2. The average Bonchev–Trinajstić information content (AvgIpc) is 3.35. The normalized spacial score (nSPS) is 17.7. The van der Waals surface area contributed by atoms with Gasteiger partial charge in [-0.15, -0.1) is 0 Å². The molecular formula is C24H26N2O5. The fourth-order valence-electron chi connectivity index (χ4n) is 4.57. The van der Waals surface area contributed by atoms with Crippen LogP contribution in [0.2, 0.25) is 0 Å². The fourth-order valence-corrected chi connectivity index (χ4v) is 4.57. The third kappa shape index (κ3) is 3.87. The first kappa shape index (κ1) is 20.9. The van der Waals surface area contributed by atoms with Gasteiger partial charge in [0.25, 0.3) is 0 Å². The molecule has 1 fully saturated rings. The van der Waals surface area contributed by atoms with Crippen molar-refractivity contribution < 1.29 is 24.2 Å². The molecule has 1 saturated heterocycles. The van der Waals surface area contributed by atoms with Gasteiger partial charge in [-0.1, -0.05) is 48.5 Å². The SMILES string of the molecule is CC(C)(NC(=O)OCC1c2ccccc2-c2ccccc21)C(=O)N1CCC[C@H]1C(=O)O. The lowest BCUT2D eigenvalue weighted by molar-refractivity contribution is -0.150. The Bertz CT molecular complexity index is 987. The van der Waals surface area contributed by atoms with Gasteiger partial charge in [0.2, 0.25) is 5.91 Å². The fraction of sp³-hybridized carbons (Fsp3) is 0.375. The van der Waals surface area contributed by atoms with E-state index in [-0.39, 0.29) is 12.5 Å². The van der Waals surface area contributed by atoms with E-state index < -0.39 is 29.6 Å². The average molecular weight is 422 g/mol. The van der Waals surface area contributed by atoms with Crippen LogP contribution in [-0.2, 0) is 14.3 Å². The highest BCUT2D eigenvalue weighted by Crippen LogP contribution is 2.44. The molecule has 0 radical (unpaired) electrons. The first-order chi connectivity index (χ1) is 14.8.